The SMILES string of the molecule is COc1cncc(CCOC2CCN(c3ccc(C(=O)Nc4ccccc4N)cc3)C2=O)c1. The molecule has 1 fully saturated rings. The van der Waals surface area contributed by atoms with Crippen LogP contribution in [0.4, 0.5) is 17.1 Å². The average molecular weight is 447 g/mol. The summed E-state index contributed by atoms with van der Waals surface area (Å²) in [5, 5.41) is 2.80. The third-order valence-electron chi connectivity index (χ3n) is 5.52. The summed E-state index contributed by atoms with van der Waals surface area (Å²) in [7, 11) is 1.60. The van der Waals surface area contributed by atoms with Gasteiger partial charge in [-0.05, 0) is 54.4 Å². The van der Waals surface area contributed by atoms with Crippen LogP contribution in [-0.4, -0.2) is 43.2 Å². The van der Waals surface area contributed by atoms with Gasteiger partial charge < -0.3 is 25.4 Å². The number of ether oxygens (including phenoxy) is 2. The fourth-order valence-corrected chi connectivity index (χ4v) is 3.69. The third-order valence-corrected chi connectivity index (χ3v) is 5.52. The van der Waals surface area contributed by atoms with E-state index >= 15 is 0 Å². The lowest BCUT2D eigenvalue weighted by Gasteiger charge is -2.17. The molecule has 0 aliphatic carbocycles. The number of hydrogen-bond donors (Lipinski definition) is 2. The number of anilines is 3. The van der Waals surface area contributed by atoms with E-state index < -0.39 is 6.10 Å². The van der Waals surface area contributed by atoms with E-state index in [0.29, 0.717) is 48.7 Å². The molecule has 2 heterocycles. The van der Waals surface area contributed by atoms with E-state index in [4.69, 9.17) is 15.2 Å². The number of carbonyl (C=O) groups excluding carboxylic acids is 2. The van der Waals surface area contributed by atoms with Crippen LogP contribution in [0.25, 0.3) is 0 Å². The van der Waals surface area contributed by atoms with Crippen LogP contribution in [-0.2, 0) is 16.0 Å². The molecule has 0 saturated carbocycles. The fourth-order valence-electron chi connectivity index (χ4n) is 3.69. The number of pyridine rings is 1. The molecule has 3 N–H and O–H groups in total. The van der Waals surface area contributed by atoms with Crippen LogP contribution in [0.2, 0.25) is 0 Å². The Bertz CT molecular complexity index is 1130. The number of hydrogen-bond acceptors (Lipinski definition) is 6. The molecule has 2 aromatic carbocycles. The minimum Gasteiger partial charge on any atom is -0.495 e. The number of amides is 2. The summed E-state index contributed by atoms with van der Waals surface area (Å²) in [5.74, 6) is 0.355. The first-order valence-corrected chi connectivity index (χ1v) is 10.7. The van der Waals surface area contributed by atoms with Crippen LogP contribution in [0.1, 0.15) is 22.3 Å². The van der Waals surface area contributed by atoms with Crippen molar-refractivity contribution in [2.45, 2.75) is 18.9 Å². The number of carbonyl (C=O) groups is 2. The molecule has 0 spiro atoms. The highest BCUT2D eigenvalue weighted by Crippen LogP contribution is 2.25. The molecule has 1 saturated heterocycles. The zero-order valence-electron chi connectivity index (χ0n) is 18.4. The highest BCUT2D eigenvalue weighted by Gasteiger charge is 2.33. The van der Waals surface area contributed by atoms with Crippen molar-refractivity contribution in [3.05, 3.63) is 78.1 Å². The van der Waals surface area contributed by atoms with Crippen molar-refractivity contribution in [2.75, 3.05) is 36.2 Å². The van der Waals surface area contributed by atoms with Crippen molar-refractivity contribution >= 4 is 28.9 Å². The standard InChI is InChI=1S/C25H26N4O4/c1-32-20-14-17(15-27-16-20)11-13-33-23-10-12-29(25(23)31)19-8-6-18(7-9-19)24(30)28-22-5-3-2-4-21(22)26/h2-9,14-16,23H,10-13,26H2,1H3,(H,28,30). The number of nitrogens with two attached hydrogens (primary N) is 1. The maximum absolute atomic E-state index is 12.8. The molecule has 1 atom stereocenters. The summed E-state index contributed by atoms with van der Waals surface area (Å²) in [5.41, 5.74) is 9.15. The second-order valence-corrected chi connectivity index (χ2v) is 7.71. The van der Waals surface area contributed by atoms with E-state index in [9.17, 15) is 9.59 Å². The Labute approximate surface area is 192 Å². The van der Waals surface area contributed by atoms with Gasteiger partial charge in [0.2, 0.25) is 0 Å². The zero-order valence-corrected chi connectivity index (χ0v) is 18.4. The molecule has 0 bridgehead atoms. The van der Waals surface area contributed by atoms with Crippen molar-refractivity contribution in [1.29, 1.82) is 0 Å². The molecule has 1 aromatic heterocycles. The maximum Gasteiger partial charge on any atom is 0.256 e. The van der Waals surface area contributed by atoms with Crippen molar-refractivity contribution < 1.29 is 19.1 Å². The van der Waals surface area contributed by atoms with Crippen molar-refractivity contribution in [3.63, 3.8) is 0 Å². The Morgan fingerprint density at radius 2 is 1.97 bits per heavy atom. The minimum atomic E-state index is -0.479. The molecule has 8 nitrogen and oxygen atoms in total. The van der Waals surface area contributed by atoms with Gasteiger partial charge >= 0.3 is 0 Å². The van der Waals surface area contributed by atoms with E-state index in [0.717, 1.165) is 11.3 Å². The van der Waals surface area contributed by atoms with Crippen molar-refractivity contribution in [3.8, 4) is 5.75 Å². The van der Waals surface area contributed by atoms with E-state index in [1.54, 1.807) is 72.9 Å². The Balaban J connectivity index is 1.31. The summed E-state index contributed by atoms with van der Waals surface area (Å²) in [6, 6.07) is 15.9. The van der Waals surface area contributed by atoms with Gasteiger partial charge in [0.25, 0.3) is 11.8 Å². The molecular weight excluding hydrogens is 420 g/mol. The number of methoxy groups -OCH3 is 1. The smallest absolute Gasteiger partial charge is 0.256 e. The molecule has 8 heteroatoms. The highest BCUT2D eigenvalue weighted by molar-refractivity contribution is 6.06. The minimum absolute atomic E-state index is 0.0759. The second-order valence-electron chi connectivity index (χ2n) is 7.71. The van der Waals surface area contributed by atoms with Gasteiger partial charge in [0.15, 0.2) is 0 Å². The lowest BCUT2D eigenvalue weighted by atomic mass is 10.1. The predicted molar refractivity (Wildman–Crippen MR) is 126 cm³/mol. The lowest BCUT2D eigenvalue weighted by Crippen LogP contribution is -2.31. The van der Waals surface area contributed by atoms with Gasteiger partial charge in [0, 0.05) is 30.4 Å². The van der Waals surface area contributed by atoms with Crippen molar-refractivity contribution in [1.82, 2.24) is 4.98 Å². The van der Waals surface area contributed by atoms with Crippen LogP contribution >= 0.6 is 0 Å². The van der Waals surface area contributed by atoms with E-state index in [-0.39, 0.29) is 11.8 Å². The van der Waals surface area contributed by atoms with Gasteiger partial charge in [-0.2, -0.15) is 0 Å². The summed E-state index contributed by atoms with van der Waals surface area (Å²) in [6.45, 7) is 0.983. The molecular formula is C25H26N4O4. The zero-order chi connectivity index (χ0) is 23.2. The van der Waals surface area contributed by atoms with Crippen LogP contribution in [0, 0.1) is 0 Å². The van der Waals surface area contributed by atoms with Gasteiger partial charge in [-0.15, -0.1) is 0 Å². The van der Waals surface area contributed by atoms with E-state index in [1.807, 2.05) is 6.07 Å². The lowest BCUT2D eigenvalue weighted by molar-refractivity contribution is -0.127. The quantitative estimate of drug-likeness (QED) is 0.514. The Morgan fingerprint density at radius 3 is 2.73 bits per heavy atom. The average Bonchev–Trinajstić information content (AvgIpc) is 3.21. The molecule has 0 radical (unpaired) electrons. The first-order chi connectivity index (χ1) is 16.0. The largest absolute Gasteiger partial charge is 0.495 e. The number of nitrogen functional groups attached to an aromatic ring is 1. The van der Waals surface area contributed by atoms with Crippen LogP contribution in [0.15, 0.2) is 67.0 Å². The number of para-hydroxylation sites is 2. The maximum atomic E-state index is 12.8. The van der Waals surface area contributed by atoms with Gasteiger partial charge in [-0.3, -0.25) is 14.6 Å². The van der Waals surface area contributed by atoms with Gasteiger partial charge in [-0.1, -0.05) is 12.1 Å². The Kier molecular flexibility index (Phi) is 6.85. The number of nitrogens with one attached hydrogen (secondary N) is 1. The van der Waals surface area contributed by atoms with E-state index in [1.165, 1.54) is 0 Å². The number of benzene rings is 2. The summed E-state index contributed by atoms with van der Waals surface area (Å²) in [6.07, 6.45) is 4.19. The highest BCUT2D eigenvalue weighted by atomic mass is 16.5. The molecule has 2 amide bonds. The first-order valence-electron chi connectivity index (χ1n) is 10.7. The molecule has 4 rings (SSSR count). The van der Waals surface area contributed by atoms with Gasteiger partial charge in [-0.25, -0.2) is 0 Å². The summed E-state index contributed by atoms with van der Waals surface area (Å²) >= 11 is 0. The normalized spacial score (nSPS) is 15.5. The summed E-state index contributed by atoms with van der Waals surface area (Å²) < 4.78 is 11.0. The third kappa shape index (κ3) is 5.30. The fraction of sp³-hybridized carbons (Fsp3) is 0.240. The molecule has 1 unspecified atom stereocenters. The number of rotatable bonds is 8. The molecule has 33 heavy (non-hydrogen) atoms. The molecule has 1 aliphatic heterocycles. The van der Waals surface area contributed by atoms with E-state index in [2.05, 4.69) is 10.3 Å². The van der Waals surface area contributed by atoms with Crippen LogP contribution in [0.3, 0.4) is 0 Å². The predicted octanol–water partition coefficient (Wildman–Crippen LogP) is 3.29. The monoisotopic (exact) mass is 446 g/mol. The second kappa shape index (κ2) is 10.1. The molecule has 170 valence electrons. The van der Waals surface area contributed by atoms with Gasteiger partial charge in [0.1, 0.15) is 11.9 Å². The topological polar surface area (TPSA) is 107 Å². The van der Waals surface area contributed by atoms with Crippen LogP contribution < -0.4 is 20.7 Å². The molecule has 3 aromatic rings. The Morgan fingerprint density at radius 1 is 1.18 bits per heavy atom. The molecule has 1 aliphatic rings. The van der Waals surface area contributed by atoms with Crippen LogP contribution in [0.5, 0.6) is 5.75 Å². The number of nitrogens with zero attached hydrogens (tertiary/aromatic N) is 2. The Hall–Kier alpha value is -3.91. The number of aromatic nitrogens is 1. The summed E-state index contributed by atoms with van der Waals surface area (Å²) in [4.78, 5) is 31.2. The first kappa shape index (κ1) is 22.3. The van der Waals surface area contributed by atoms with Crippen molar-refractivity contribution in [2.24, 2.45) is 0 Å². The van der Waals surface area contributed by atoms with Gasteiger partial charge in [0.05, 0.1) is 31.3 Å².